The summed E-state index contributed by atoms with van der Waals surface area (Å²) >= 11 is 0. The van der Waals surface area contributed by atoms with Gasteiger partial charge in [0.1, 0.15) is 0 Å². The number of rotatable bonds is 2. The summed E-state index contributed by atoms with van der Waals surface area (Å²) < 4.78 is 5.33. The molecule has 0 radical (unpaired) electrons. The zero-order valence-corrected chi connectivity index (χ0v) is 7.34. The molecule has 0 heterocycles. The van der Waals surface area contributed by atoms with Crippen molar-refractivity contribution < 1.29 is 4.74 Å². The molecule has 0 saturated heterocycles. The largest absolute Gasteiger partial charge is 0.381 e. The number of methoxy groups -OCH3 is 1. The Labute approximate surface area is 68.5 Å². The monoisotopic (exact) mass is 155 g/mol. The minimum absolute atomic E-state index is 0.385. The molecule has 1 N–H and O–H groups in total. The second kappa shape index (κ2) is 3.86. The normalized spacial score (nSPS) is 38.5. The minimum atomic E-state index is 0.385. The van der Waals surface area contributed by atoms with E-state index < -0.39 is 0 Å². The highest BCUT2D eigenvalue weighted by Gasteiger charge is 2.28. The lowest BCUT2D eigenvalue weighted by atomic mass is 9.79. The highest BCUT2D eigenvalue weighted by molar-refractivity contribution is 5.57. The first-order chi connectivity index (χ1) is 5.29. The fraction of sp³-hybridized carbons (Fsp3) is 0.889. The molecule has 11 heavy (non-hydrogen) atoms. The van der Waals surface area contributed by atoms with Gasteiger partial charge in [-0.15, -0.1) is 0 Å². The average molecular weight is 155 g/mol. The maximum atomic E-state index is 7.21. The van der Waals surface area contributed by atoms with Crippen LogP contribution in [0, 0.1) is 17.2 Å². The third-order valence-electron chi connectivity index (χ3n) is 2.80. The predicted octanol–water partition coefficient (Wildman–Crippen LogP) is 2.09. The van der Waals surface area contributed by atoms with Gasteiger partial charge in [-0.1, -0.05) is 13.3 Å². The van der Waals surface area contributed by atoms with Gasteiger partial charge in [-0.25, -0.2) is 0 Å². The third-order valence-corrected chi connectivity index (χ3v) is 2.80. The summed E-state index contributed by atoms with van der Waals surface area (Å²) in [5.74, 6) is 0.986. The van der Waals surface area contributed by atoms with Crippen LogP contribution in [-0.4, -0.2) is 19.4 Å². The molecule has 0 aromatic rings. The first-order valence-corrected chi connectivity index (χ1v) is 4.33. The van der Waals surface area contributed by atoms with E-state index in [1.165, 1.54) is 19.3 Å². The van der Waals surface area contributed by atoms with Gasteiger partial charge in [0.15, 0.2) is 0 Å². The summed E-state index contributed by atoms with van der Waals surface area (Å²) in [6.45, 7) is 2.18. The summed E-state index contributed by atoms with van der Waals surface area (Å²) in [7, 11) is 1.77. The van der Waals surface area contributed by atoms with Crippen LogP contribution in [0.15, 0.2) is 0 Å². The van der Waals surface area contributed by atoms with E-state index in [0.717, 1.165) is 0 Å². The molecular formula is C9H17NO. The molecule has 0 spiro atoms. The maximum Gasteiger partial charge on any atom is 0.0603 e. The zero-order valence-electron chi connectivity index (χ0n) is 7.34. The standard InChI is InChI=1S/C9H17NO/c1-7-8(6-10)4-3-5-9(7)11-2/h6-10H,3-5H2,1-2H3. The van der Waals surface area contributed by atoms with Crippen LogP contribution in [0.5, 0.6) is 0 Å². The van der Waals surface area contributed by atoms with Crippen LogP contribution in [0.25, 0.3) is 0 Å². The first-order valence-electron chi connectivity index (χ1n) is 4.33. The molecule has 1 rings (SSSR count). The van der Waals surface area contributed by atoms with Crippen LogP contribution in [0.4, 0.5) is 0 Å². The van der Waals surface area contributed by atoms with Crippen LogP contribution < -0.4 is 0 Å². The van der Waals surface area contributed by atoms with E-state index in [1.54, 1.807) is 13.3 Å². The predicted molar refractivity (Wildman–Crippen MR) is 46.1 cm³/mol. The summed E-state index contributed by atoms with van der Waals surface area (Å²) in [6, 6.07) is 0. The van der Waals surface area contributed by atoms with Crippen LogP contribution in [0.1, 0.15) is 26.2 Å². The van der Waals surface area contributed by atoms with E-state index in [4.69, 9.17) is 10.1 Å². The van der Waals surface area contributed by atoms with Crippen molar-refractivity contribution in [2.24, 2.45) is 11.8 Å². The second-order valence-electron chi connectivity index (χ2n) is 3.39. The molecule has 0 aromatic heterocycles. The van der Waals surface area contributed by atoms with Gasteiger partial charge >= 0.3 is 0 Å². The van der Waals surface area contributed by atoms with Crippen LogP contribution >= 0.6 is 0 Å². The quantitative estimate of drug-likeness (QED) is 0.608. The Morgan fingerprint density at radius 1 is 1.45 bits per heavy atom. The number of hydrogen-bond donors (Lipinski definition) is 1. The molecule has 1 aliphatic carbocycles. The van der Waals surface area contributed by atoms with Gasteiger partial charge in [0.25, 0.3) is 0 Å². The molecule has 1 fully saturated rings. The fourth-order valence-electron chi connectivity index (χ4n) is 1.92. The van der Waals surface area contributed by atoms with E-state index in [2.05, 4.69) is 6.92 Å². The lowest BCUT2D eigenvalue weighted by Crippen LogP contribution is -2.32. The number of nitrogens with one attached hydrogen (secondary N) is 1. The number of hydrogen-bond acceptors (Lipinski definition) is 2. The van der Waals surface area contributed by atoms with Crippen molar-refractivity contribution in [3.8, 4) is 0 Å². The lowest BCUT2D eigenvalue weighted by molar-refractivity contribution is 0.0189. The maximum absolute atomic E-state index is 7.21. The summed E-state index contributed by atoms with van der Waals surface area (Å²) in [4.78, 5) is 0. The van der Waals surface area contributed by atoms with Gasteiger partial charge in [0.2, 0.25) is 0 Å². The van der Waals surface area contributed by atoms with Crippen LogP contribution in [0.2, 0.25) is 0 Å². The Morgan fingerprint density at radius 2 is 2.18 bits per heavy atom. The Bertz CT molecular complexity index is 136. The van der Waals surface area contributed by atoms with Crippen molar-refractivity contribution >= 4 is 6.21 Å². The van der Waals surface area contributed by atoms with Gasteiger partial charge in [0, 0.05) is 7.11 Å². The van der Waals surface area contributed by atoms with E-state index >= 15 is 0 Å². The highest BCUT2D eigenvalue weighted by atomic mass is 16.5. The molecule has 2 heteroatoms. The summed E-state index contributed by atoms with van der Waals surface area (Å²) in [5, 5.41) is 7.21. The zero-order chi connectivity index (χ0) is 8.27. The van der Waals surface area contributed by atoms with Crippen molar-refractivity contribution in [2.75, 3.05) is 7.11 Å². The molecule has 0 aromatic carbocycles. The molecular weight excluding hydrogens is 138 g/mol. The van der Waals surface area contributed by atoms with Crippen LogP contribution in [-0.2, 0) is 4.74 Å². The van der Waals surface area contributed by atoms with Crippen molar-refractivity contribution in [1.82, 2.24) is 0 Å². The van der Waals surface area contributed by atoms with Gasteiger partial charge < -0.3 is 10.1 Å². The van der Waals surface area contributed by atoms with Gasteiger partial charge in [-0.05, 0) is 30.9 Å². The van der Waals surface area contributed by atoms with Gasteiger partial charge in [0.05, 0.1) is 6.10 Å². The van der Waals surface area contributed by atoms with Gasteiger partial charge in [-0.2, -0.15) is 0 Å². The van der Waals surface area contributed by atoms with E-state index in [0.29, 0.717) is 17.9 Å². The van der Waals surface area contributed by atoms with E-state index in [1.807, 2.05) is 0 Å². The average Bonchev–Trinajstić information content (AvgIpc) is 2.05. The number of ether oxygens (including phenoxy) is 1. The van der Waals surface area contributed by atoms with Crippen molar-refractivity contribution in [2.45, 2.75) is 32.3 Å². The molecule has 0 bridgehead atoms. The topological polar surface area (TPSA) is 33.1 Å². The fourth-order valence-corrected chi connectivity index (χ4v) is 1.92. The van der Waals surface area contributed by atoms with Crippen molar-refractivity contribution in [3.63, 3.8) is 0 Å². The molecule has 0 amide bonds. The summed E-state index contributed by atoms with van der Waals surface area (Å²) in [6.07, 6.45) is 5.51. The molecule has 64 valence electrons. The Hall–Kier alpha value is -0.370. The van der Waals surface area contributed by atoms with E-state index in [-0.39, 0.29) is 0 Å². The highest BCUT2D eigenvalue weighted by Crippen LogP contribution is 2.30. The first kappa shape index (κ1) is 8.72. The lowest BCUT2D eigenvalue weighted by Gasteiger charge is -2.32. The summed E-state index contributed by atoms with van der Waals surface area (Å²) in [5.41, 5.74) is 0. The second-order valence-corrected chi connectivity index (χ2v) is 3.39. The Balaban J connectivity index is 2.51. The smallest absolute Gasteiger partial charge is 0.0603 e. The molecule has 3 atom stereocenters. The SMILES string of the molecule is COC1CCCC(C=N)C1C. The molecule has 1 saturated carbocycles. The molecule has 1 aliphatic rings. The molecule has 0 aliphatic heterocycles. The van der Waals surface area contributed by atoms with Crippen molar-refractivity contribution in [1.29, 1.82) is 5.41 Å². The Morgan fingerprint density at radius 3 is 2.73 bits per heavy atom. The third kappa shape index (κ3) is 1.80. The Kier molecular flexibility index (Phi) is 3.06. The van der Waals surface area contributed by atoms with Gasteiger partial charge in [-0.3, -0.25) is 0 Å². The van der Waals surface area contributed by atoms with Crippen LogP contribution in [0.3, 0.4) is 0 Å². The molecule has 2 nitrogen and oxygen atoms in total. The minimum Gasteiger partial charge on any atom is -0.381 e. The van der Waals surface area contributed by atoms with E-state index in [9.17, 15) is 0 Å². The molecule has 3 unspecified atom stereocenters. The van der Waals surface area contributed by atoms with Crippen molar-refractivity contribution in [3.05, 3.63) is 0 Å².